The van der Waals surface area contributed by atoms with Crippen molar-refractivity contribution in [3.05, 3.63) is 35.4 Å². The Morgan fingerprint density at radius 3 is 1.95 bits per heavy atom. The predicted molar refractivity (Wildman–Crippen MR) is 88.0 cm³/mol. The monoisotopic (exact) mass is 276 g/mol. The van der Waals surface area contributed by atoms with Gasteiger partial charge >= 0.3 is 0 Å². The number of rotatable bonds is 10. The van der Waals surface area contributed by atoms with Crippen LogP contribution in [0.5, 0.6) is 0 Å². The van der Waals surface area contributed by atoms with E-state index in [2.05, 4.69) is 38.1 Å². The Bertz CT molecular complexity index is 351. The predicted octanol–water partition coefficient (Wildman–Crippen LogP) is 5.60. The molecule has 0 aliphatic rings. The minimum absolute atomic E-state index is 0.671. The second kappa shape index (κ2) is 9.18. The molecule has 1 aromatic carbocycles. The van der Waals surface area contributed by atoms with E-state index < -0.39 is 5.60 Å². The molecule has 1 heteroatoms. The Labute approximate surface area is 125 Å². The first-order valence-electron chi connectivity index (χ1n) is 8.42. The molecule has 20 heavy (non-hydrogen) atoms. The molecule has 0 saturated carbocycles. The lowest BCUT2D eigenvalue weighted by molar-refractivity contribution is 0.0448. The first kappa shape index (κ1) is 17.2. The molecular formula is C19H32O. The Morgan fingerprint density at radius 2 is 1.40 bits per heavy atom. The largest absolute Gasteiger partial charge is 0.385 e. The van der Waals surface area contributed by atoms with Gasteiger partial charge in [-0.2, -0.15) is 0 Å². The number of hydrogen-bond donors (Lipinski definition) is 1. The lowest BCUT2D eigenvalue weighted by atomic mass is 9.89. The first-order valence-corrected chi connectivity index (χ1v) is 8.42. The van der Waals surface area contributed by atoms with Crippen molar-refractivity contribution in [1.29, 1.82) is 0 Å². The van der Waals surface area contributed by atoms with Gasteiger partial charge in [0, 0.05) is 0 Å². The van der Waals surface area contributed by atoms with Crippen LogP contribution in [0.2, 0.25) is 0 Å². The fourth-order valence-electron chi connectivity index (χ4n) is 2.67. The van der Waals surface area contributed by atoms with Gasteiger partial charge in [0.1, 0.15) is 0 Å². The molecule has 0 heterocycles. The van der Waals surface area contributed by atoms with E-state index >= 15 is 0 Å². The van der Waals surface area contributed by atoms with Crippen LogP contribution in [0.15, 0.2) is 24.3 Å². The maximum Gasteiger partial charge on any atom is 0.0868 e. The van der Waals surface area contributed by atoms with Crippen molar-refractivity contribution in [2.45, 2.75) is 84.2 Å². The Morgan fingerprint density at radius 1 is 0.850 bits per heavy atom. The minimum Gasteiger partial charge on any atom is -0.385 e. The molecule has 0 bridgehead atoms. The van der Waals surface area contributed by atoms with E-state index in [0.717, 1.165) is 24.8 Å². The Kier molecular flexibility index (Phi) is 7.91. The molecule has 0 aromatic heterocycles. The summed E-state index contributed by atoms with van der Waals surface area (Å²) in [6.45, 7) is 6.36. The van der Waals surface area contributed by atoms with Crippen molar-refractivity contribution in [2.24, 2.45) is 0 Å². The highest BCUT2D eigenvalue weighted by Gasteiger charge is 2.21. The van der Waals surface area contributed by atoms with Crippen LogP contribution in [0.25, 0.3) is 0 Å². The van der Waals surface area contributed by atoms with Gasteiger partial charge < -0.3 is 5.11 Å². The Hall–Kier alpha value is -0.820. The lowest BCUT2D eigenvalue weighted by Crippen LogP contribution is -2.20. The Balaban J connectivity index is 2.29. The summed E-state index contributed by atoms with van der Waals surface area (Å²) in [5, 5.41) is 10.6. The minimum atomic E-state index is -0.671. The van der Waals surface area contributed by atoms with Gasteiger partial charge in [0.2, 0.25) is 0 Å². The van der Waals surface area contributed by atoms with Gasteiger partial charge in [-0.15, -0.1) is 0 Å². The number of hydrogen-bond acceptors (Lipinski definition) is 1. The van der Waals surface area contributed by atoms with Crippen LogP contribution in [-0.2, 0) is 12.0 Å². The number of benzene rings is 1. The molecule has 1 nitrogen and oxygen atoms in total. The summed E-state index contributed by atoms with van der Waals surface area (Å²) in [6, 6.07) is 8.43. The second-order valence-electron chi connectivity index (χ2n) is 6.20. The molecule has 1 N–H and O–H groups in total. The topological polar surface area (TPSA) is 20.2 Å². The normalized spacial score (nSPS) is 14.2. The standard InChI is InChI=1S/C19H32O/c1-4-6-7-8-9-10-11-16-19(3,20)18-14-12-17(5-2)13-15-18/h12-15,20H,4-11,16H2,1-3H3. The second-order valence-corrected chi connectivity index (χ2v) is 6.20. The highest BCUT2D eigenvalue weighted by Crippen LogP contribution is 2.27. The van der Waals surface area contributed by atoms with E-state index in [1.807, 2.05) is 6.92 Å². The smallest absolute Gasteiger partial charge is 0.0868 e. The third-order valence-electron chi connectivity index (χ3n) is 4.25. The summed E-state index contributed by atoms with van der Waals surface area (Å²) in [7, 11) is 0. The van der Waals surface area contributed by atoms with Crippen LogP contribution in [0.4, 0.5) is 0 Å². The quantitative estimate of drug-likeness (QED) is 0.552. The van der Waals surface area contributed by atoms with E-state index in [9.17, 15) is 5.11 Å². The highest BCUT2D eigenvalue weighted by molar-refractivity contribution is 5.26. The highest BCUT2D eigenvalue weighted by atomic mass is 16.3. The maximum absolute atomic E-state index is 10.6. The summed E-state index contributed by atoms with van der Waals surface area (Å²) < 4.78 is 0. The zero-order valence-electron chi connectivity index (χ0n) is 13.6. The molecule has 1 atom stereocenters. The molecule has 114 valence electrons. The van der Waals surface area contributed by atoms with Crippen LogP contribution in [0.1, 0.15) is 83.3 Å². The van der Waals surface area contributed by atoms with E-state index in [1.165, 1.54) is 44.1 Å². The van der Waals surface area contributed by atoms with Gasteiger partial charge in [-0.1, -0.05) is 83.1 Å². The zero-order valence-corrected chi connectivity index (χ0v) is 13.6. The molecule has 0 saturated heterocycles. The van der Waals surface area contributed by atoms with Crippen LogP contribution in [0.3, 0.4) is 0 Å². The fraction of sp³-hybridized carbons (Fsp3) is 0.684. The van der Waals surface area contributed by atoms with Gasteiger partial charge in [-0.25, -0.2) is 0 Å². The lowest BCUT2D eigenvalue weighted by Gasteiger charge is -2.24. The maximum atomic E-state index is 10.6. The molecule has 0 amide bonds. The first-order chi connectivity index (χ1) is 9.60. The van der Waals surface area contributed by atoms with Gasteiger partial charge in [-0.05, 0) is 30.9 Å². The summed E-state index contributed by atoms with van der Waals surface area (Å²) in [6.07, 6.45) is 11.0. The molecule has 1 unspecified atom stereocenters. The molecule has 0 radical (unpaired) electrons. The summed E-state index contributed by atoms with van der Waals surface area (Å²) in [4.78, 5) is 0. The van der Waals surface area contributed by atoms with Crippen LogP contribution < -0.4 is 0 Å². The van der Waals surface area contributed by atoms with Gasteiger partial charge in [0.25, 0.3) is 0 Å². The van der Waals surface area contributed by atoms with Crippen molar-refractivity contribution in [3.8, 4) is 0 Å². The van der Waals surface area contributed by atoms with Crippen molar-refractivity contribution < 1.29 is 5.11 Å². The van der Waals surface area contributed by atoms with E-state index in [1.54, 1.807) is 0 Å². The van der Waals surface area contributed by atoms with E-state index in [0.29, 0.717) is 0 Å². The summed E-state index contributed by atoms with van der Waals surface area (Å²) in [5.74, 6) is 0. The van der Waals surface area contributed by atoms with Crippen molar-refractivity contribution in [2.75, 3.05) is 0 Å². The molecule has 0 aliphatic carbocycles. The fourth-order valence-corrected chi connectivity index (χ4v) is 2.67. The molecule has 1 rings (SSSR count). The van der Waals surface area contributed by atoms with Crippen molar-refractivity contribution in [1.82, 2.24) is 0 Å². The average molecular weight is 276 g/mol. The number of aryl methyl sites for hydroxylation is 1. The number of unbranched alkanes of at least 4 members (excludes halogenated alkanes) is 6. The SMILES string of the molecule is CCCCCCCCCC(C)(O)c1ccc(CC)cc1. The average Bonchev–Trinajstić information content (AvgIpc) is 2.46. The summed E-state index contributed by atoms with van der Waals surface area (Å²) >= 11 is 0. The van der Waals surface area contributed by atoms with Crippen LogP contribution >= 0.6 is 0 Å². The van der Waals surface area contributed by atoms with Crippen molar-refractivity contribution >= 4 is 0 Å². The van der Waals surface area contributed by atoms with Gasteiger partial charge in [0.15, 0.2) is 0 Å². The van der Waals surface area contributed by atoms with Crippen molar-refractivity contribution in [3.63, 3.8) is 0 Å². The third kappa shape index (κ3) is 6.09. The third-order valence-corrected chi connectivity index (χ3v) is 4.25. The van der Waals surface area contributed by atoms with Gasteiger partial charge in [-0.3, -0.25) is 0 Å². The molecular weight excluding hydrogens is 244 g/mol. The van der Waals surface area contributed by atoms with Gasteiger partial charge in [0.05, 0.1) is 5.60 Å². The molecule has 0 fully saturated rings. The zero-order chi connectivity index (χ0) is 14.8. The molecule has 1 aromatic rings. The van der Waals surface area contributed by atoms with E-state index in [4.69, 9.17) is 0 Å². The van der Waals surface area contributed by atoms with Crippen LogP contribution in [-0.4, -0.2) is 5.11 Å². The molecule has 0 aliphatic heterocycles. The van der Waals surface area contributed by atoms with E-state index in [-0.39, 0.29) is 0 Å². The summed E-state index contributed by atoms with van der Waals surface area (Å²) in [5.41, 5.74) is 1.72. The van der Waals surface area contributed by atoms with Crippen LogP contribution in [0, 0.1) is 0 Å². The molecule has 0 spiro atoms. The number of aliphatic hydroxyl groups is 1.